The Hall–Kier alpha value is -0.110. The lowest BCUT2D eigenvalue weighted by molar-refractivity contribution is 0.414. The van der Waals surface area contributed by atoms with Crippen LogP contribution in [-0.4, -0.2) is 11.0 Å². The fourth-order valence-electron chi connectivity index (χ4n) is 1.53. The molecule has 0 atom stereocenters. The number of hydrogen-bond acceptors (Lipinski definition) is 1. The van der Waals surface area contributed by atoms with Crippen LogP contribution in [0.5, 0.6) is 0 Å². The van der Waals surface area contributed by atoms with Crippen LogP contribution in [0.2, 0.25) is 0 Å². The number of thiocarbonyl (C=S) groups is 1. The smallest absolute Gasteiger partial charge is 0.0724 e. The first-order chi connectivity index (χ1) is 6.20. The molecule has 1 aliphatic rings. The van der Waals surface area contributed by atoms with Crippen molar-refractivity contribution in [3.8, 4) is 0 Å². The van der Waals surface area contributed by atoms with Crippen LogP contribution in [0.15, 0.2) is 0 Å². The average molecular weight is 201 g/mol. The third-order valence-corrected chi connectivity index (χ3v) is 2.13. The summed E-state index contributed by atoms with van der Waals surface area (Å²) in [5, 5.41) is 3.31. The lowest BCUT2D eigenvalue weighted by Gasteiger charge is -2.22. The van der Waals surface area contributed by atoms with Gasteiger partial charge in [-0.2, -0.15) is 0 Å². The third kappa shape index (κ3) is 8.23. The van der Waals surface area contributed by atoms with Gasteiger partial charge in [0.2, 0.25) is 0 Å². The second-order valence-corrected chi connectivity index (χ2v) is 4.35. The van der Waals surface area contributed by atoms with E-state index in [0.29, 0.717) is 6.04 Å². The SMILES string of the molecule is CC(=S)NC1CCCCC1.CCC. The highest BCUT2D eigenvalue weighted by Crippen LogP contribution is 2.17. The van der Waals surface area contributed by atoms with E-state index < -0.39 is 0 Å². The monoisotopic (exact) mass is 201 g/mol. The molecule has 1 nitrogen and oxygen atoms in total. The van der Waals surface area contributed by atoms with Gasteiger partial charge in [-0.05, 0) is 19.8 Å². The summed E-state index contributed by atoms with van der Waals surface area (Å²) < 4.78 is 0. The van der Waals surface area contributed by atoms with Crippen LogP contribution in [0.4, 0.5) is 0 Å². The summed E-state index contributed by atoms with van der Waals surface area (Å²) in [5.74, 6) is 0. The van der Waals surface area contributed by atoms with Crippen molar-refractivity contribution in [2.75, 3.05) is 0 Å². The van der Waals surface area contributed by atoms with Gasteiger partial charge in [-0.15, -0.1) is 0 Å². The average Bonchev–Trinajstić information content (AvgIpc) is 2.06. The zero-order chi connectivity index (χ0) is 10.1. The molecular formula is C11H23NS. The lowest BCUT2D eigenvalue weighted by atomic mass is 9.96. The van der Waals surface area contributed by atoms with Crippen molar-refractivity contribution in [1.29, 1.82) is 0 Å². The Labute approximate surface area is 88.3 Å². The first kappa shape index (κ1) is 12.9. The highest BCUT2D eigenvalue weighted by molar-refractivity contribution is 7.80. The Bertz CT molecular complexity index is 128. The van der Waals surface area contributed by atoms with Crippen molar-refractivity contribution in [2.24, 2.45) is 0 Å². The molecule has 0 aliphatic heterocycles. The molecule has 0 heterocycles. The van der Waals surface area contributed by atoms with E-state index in [1.165, 1.54) is 38.5 Å². The normalized spacial score (nSPS) is 17.2. The molecule has 13 heavy (non-hydrogen) atoms. The zero-order valence-electron chi connectivity index (χ0n) is 9.23. The summed E-state index contributed by atoms with van der Waals surface area (Å²) in [6, 6.07) is 0.686. The summed E-state index contributed by atoms with van der Waals surface area (Å²) in [7, 11) is 0. The molecule has 0 bridgehead atoms. The molecule has 1 N–H and O–H groups in total. The molecule has 0 saturated heterocycles. The van der Waals surface area contributed by atoms with Gasteiger partial charge in [-0.3, -0.25) is 0 Å². The summed E-state index contributed by atoms with van der Waals surface area (Å²) in [6.07, 6.45) is 8.04. The van der Waals surface area contributed by atoms with E-state index >= 15 is 0 Å². The Balaban J connectivity index is 0.000000424. The number of rotatable bonds is 1. The maximum absolute atomic E-state index is 4.97. The molecule has 0 unspecified atom stereocenters. The predicted octanol–water partition coefficient (Wildman–Crippen LogP) is 3.67. The standard InChI is InChI=1S/C8H15NS.C3H8/c1-7(10)9-8-5-3-2-4-6-8;1-3-2/h8H,2-6H2,1H3,(H,9,10);3H2,1-2H3. The fraction of sp³-hybridized carbons (Fsp3) is 0.909. The second kappa shape index (κ2) is 8.49. The van der Waals surface area contributed by atoms with Crippen LogP contribution in [-0.2, 0) is 0 Å². The van der Waals surface area contributed by atoms with E-state index in [9.17, 15) is 0 Å². The summed E-state index contributed by atoms with van der Waals surface area (Å²) in [6.45, 7) is 6.21. The van der Waals surface area contributed by atoms with Gasteiger partial charge in [0.1, 0.15) is 0 Å². The molecule has 0 spiro atoms. The van der Waals surface area contributed by atoms with E-state index in [0.717, 1.165) is 4.99 Å². The van der Waals surface area contributed by atoms with Gasteiger partial charge in [0.25, 0.3) is 0 Å². The van der Waals surface area contributed by atoms with Gasteiger partial charge < -0.3 is 5.32 Å². The van der Waals surface area contributed by atoms with Crippen LogP contribution in [0, 0.1) is 0 Å². The topological polar surface area (TPSA) is 12.0 Å². The maximum atomic E-state index is 4.97. The molecule has 1 rings (SSSR count). The van der Waals surface area contributed by atoms with Crippen molar-refractivity contribution in [3.63, 3.8) is 0 Å². The predicted molar refractivity (Wildman–Crippen MR) is 64.2 cm³/mol. The molecule has 0 aromatic heterocycles. The molecule has 2 heteroatoms. The third-order valence-electron chi connectivity index (χ3n) is 2.01. The Morgan fingerprint density at radius 1 is 1.23 bits per heavy atom. The minimum absolute atomic E-state index is 0.686. The first-order valence-electron chi connectivity index (χ1n) is 5.47. The quantitative estimate of drug-likeness (QED) is 0.650. The van der Waals surface area contributed by atoms with E-state index in [4.69, 9.17) is 12.2 Å². The first-order valence-corrected chi connectivity index (χ1v) is 5.88. The van der Waals surface area contributed by atoms with E-state index in [1.54, 1.807) is 0 Å². The van der Waals surface area contributed by atoms with E-state index in [1.807, 2.05) is 6.92 Å². The van der Waals surface area contributed by atoms with Gasteiger partial charge >= 0.3 is 0 Å². The van der Waals surface area contributed by atoms with Gasteiger partial charge in [0.15, 0.2) is 0 Å². The molecule has 1 saturated carbocycles. The van der Waals surface area contributed by atoms with Crippen molar-refractivity contribution >= 4 is 17.2 Å². The second-order valence-electron chi connectivity index (χ2n) is 3.74. The molecule has 0 amide bonds. The summed E-state index contributed by atoms with van der Waals surface area (Å²) >= 11 is 4.97. The largest absolute Gasteiger partial charge is 0.377 e. The van der Waals surface area contributed by atoms with Crippen molar-refractivity contribution in [1.82, 2.24) is 5.32 Å². The van der Waals surface area contributed by atoms with Gasteiger partial charge in [-0.1, -0.05) is 51.7 Å². The summed E-state index contributed by atoms with van der Waals surface area (Å²) in [4.78, 5) is 0.951. The minimum Gasteiger partial charge on any atom is -0.377 e. The molecule has 0 aromatic carbocycles. The molecule has 0 aromatic rings. The minimum atomic E-state index is 0.686. The van der Waals surface area contributed by atoms with E-state index in [-0.39, 0.29) is 0 Å². The fourth-order valence-corrected chi connectivity index (χ4v) is 1.70. The van der Waals surface area contributed by atoms with Crippen molar-refractivity contribution < 1.29 is 0 Å². The highest BCUT2D eigenvalue weighted by Gasteiger charge is 2.11. The lowest BCUT2D eigenvalue weighted by Crippen LogP contribution is -2.33. The van der Waals surface area contributed by atoms with Crippen LogP contribution in [0.3, 0.4) is 0 Å². The van der Waals surface area contributed by atoms with Gasteiger partial charge in [0.05, 0.1) is 4.99 Å². The van der Waals surface area contributed by atoms with E-state index in [2.05, 4.69) is 19.2 Å². The molecular weight excluding hydrogens is 178 g/mol. The van der Waals surface area contributed by atoms with Crippen molar-refractivity contribution in [3.05, 3.63) is 0 Å². The Morgan fingerprint density at radius 3 is 2.08 bits per heavy atom. The van der Waals surface area contributed by atoms with Crippen molar-refractivity contribution in [2.45, 2.75) is 65.3 Å². The van der Waals surface area contributed by atoms with Crippen LogP contribution in [0.1, 0.15) is 59.3 Å². The number of nitrogens with one attached hydrogen (secondary N) is 1. The molecule has 1 fully saturated rings. The van der Waals surface area contributed by atoms with Gasteiger partial charge in [-0.25, -0.2) is 0 Å². The van der Waals surface area contributed by atoms with Crippen LogP contribution in [0.25, 0.3) is 0 Å². The Morgan fingerprint density at radius 2 is 1.69 bits per heavy atom. The number of hydrogen-bond donors (Lipinski definition) is 1. The maximum Gasteiger partial charge on any atom is 0.0724 e. The summed E-state index contributed by atoms with van der Waals surface area (Å²) in [5.41, 5.74) is 0. The van der Waals surface area contributed by atoms with Crippen LogP contribution < -0.4 is 5.32 Å². The van der Waals surface area contributed by atoms with Gasteiger partial charge in [0, 0.05) is 6.04 Å². The van der Waals surface area contributed by atoms with Crippen LogP contribution >= 0.6 is 12.2 Å². The zero-order valence-corrected chi connectivity index (χ0v) is 10.0. The molecule has 78 valence electrons. The molecule has 1 aliphatic carbocycles. The Kier molecular flexibility index (Phi) is 8.41. The highest BCUT2D eigenvalue weighted by atomic mass is 32.1. The molecule has 0 radical (unpaired) electrons.